The molecule has 88 valence electrons. The minimum atomic E-state index is 0.0345. The summed E-state index contributed by atoms with van der Waals surface area (Å²) in [5.41, 5.74) is 7.01. The number of hydrogen-bond donors (Lipinski definition) is 3. The third-order valence-corrected chi connectivity index (χ3v) is 2.86. The molecule has 5 nitrogen and oxygen atoms in total. The molecule has 0 amide bonds. The van der Waals surface area contributed by atoms with Gasteiger partial charge in [0.2, 0.25) is 0 Å². The van der Waals surface area contributed by atoms with Crippen molar-refractivity contribution in [2.75, 3.05) is 25.1 Å². The van der Waals surface area contributed by atoms with Gasteiger partial charge in [-0.05, 0) is 28.1 Å². The highest BCUT2D eigenvalue weighted by Gasteiger charge is 2.13. The van der Waals surface area contributed by atoms with Gasteiger partial charge in [0.15, 0.2) is 5.84 Å². The molecule has 0 spiro atoms. The summed E-state index contributed by atoms with van der Waals surface area (Å²) >= 11 is 3.35. The Labute approximate surface area is 102 Å². The second kappa shape index (κ2) is 5.72. The lowest BCUT2D eigenvalue weighted by Crippen LogP contribution is -2.25. The fourth-order valence-corrected chi connectivity index (χ4v) is 1.96. The largest absolute Gasteiger partial charge is 0.409 e. The van der Waals surface area contributed by atoms with E-state index in [9.17, 15) is 0 Å². The number of oxime groups is 1. The van der Waals surface area contributed by atoms with E-state index in [1.54, 1.807) is 0 Å². The Morgan fingerprint density at radius 3 is 2.81 bits per heavy atom. The summed E-state index contributed by atoms with van der Waals surface area (Å²) in [7, 11) is 1.83. The molecule has 0 radical (unpaired) electrons. The van der Waals surface area contributed by atoms with E-state index < -0.39 is 0 Å². The second-order valence-electron chi connectivity index (χ2n) is 3.26. The Bertz CT molecular complexity index is 396. The van der Waals surface area contributed by atoms with Crippen LogP contribution in [-0.4, -0.2) is 36.3 Å². The van der Waals surface area contributed by atoms with Crippen molar-refractivity contribution in [1.29, 1.82) is 0 Å². The molecule has 1 aromatic rings. The first kappa shape index (κ1) is 12.8. The molecule has 0 aliphatic carbocycles. The number of nitrogens with zero attached hydrogens (tertiary/aromatic N) is 2. The van der Waals surface area contributed by atoms with Crippen molar-refractivity contribution in [2.45, 2.75) is 0 Å². The Morgan fingerprint density at radius 1 is 1.56 bits per heavy atom. The van der Waals surface area contributed by atoms with E-state index >= 15 is 0 Å². The van der Waals surface area contributed by atoms with E-state index in [-0.39, 0.29) is 12.4 Å². The molecule has 0 saturated carbocycles. The summed E-state index contributed by atoms with van der Waals surface area (Å²) in [6.07, 6.45) is 0. The number of anilines is 1. The van der Waals surface area contributed by atoms with Gasteiger partial charge in [-0.3, -0.25) is 0 Å². The maximum absolute atomic E-state index is 8.89. The van der Waals surface area contributed by atoms with Crippen molar-refractivity contribution in [3.63, 3.8) is 0 Å². The number of hydrogen-bond acceptors (Lipinski definition) is 4. The molecular formula is C10H14BrN3O2. The van der Waals surface area contributed by atoms with Crippen molar-refractivity contribution in [1.82, 2.24) is 0 Å². The Morgan fingerprint density at radius 2 is 2.25 bits per heavy atom. The minimum Gasteiger partial charge on any atom is -0.409 e. The smallest absolute Gasteiger partial charge is 0.173 e. The molecule has 0 heterocycles. The average molecular weight is 288 g/mol. The number of benzene rings is 1. The molecule has 0 bridgehead atoms. The molecule has 0 aliphatic rings. The summed E-state index contributed by atoms with van der Waals surface area (Å²) in [6.45, 7) is 0.515. The fourth-order valence-electron chi connectivity index (χ4n) is 1.40. The maximum atomic E-state index is 8.89. The van der Waals surface area contributed by atoms with Crippen LogP contribution in [0.2, 0.25) is 0 Å². The average Bonchev–Trinajstić information content (AvgIpc) is 2.28. The lowest BCUT2D eigenvalue weighted by molar-refractivity contribution is 0.304. The number of amidine groups is 1. The Kier molecular flexibility index (Phi) is 4.57. The van der Waals surface area contributed by atoms with E-state index in [1.807, 2.05) is 30.1 Å². The monoisotopic (exact) mass is 287 g/mol. The van der Waals surface area contributed by atoms with Crippen LogP contribution >= 0.6 is 15.9 Å². The van der Waals surface area contributed by atoms with Gasteiger partial charge in [-0.25, -0.2) is 0 Å². The predicted octanol–water partition coefficient (Wildman–Crippen LogP) is 0.972. The molecule has 0 saturated heterocycles. The van der Waals surface area contributed by atoms with Gasteiger partial charge in [0.1, 0.15) is 0 Å². The first-order valence-corrected chi connectivity index (χ1v) is 5.49. The molecular weight excluding hydrogens is 274 g/mol. The summed E-state index contributed by atoms with van der Waals surface area (Å²) in [5, 5.41) is 20.6. The molecule has 0 aliphatic heterocycles. The highest BCUT2D eigenvalue weighted by molar-refractivity contribution is 9.10. The van der Waals surface area contributed by atoms with E-state index in [0.717, 1.165) is 10.2 Å². The fraction of sp³-hybridized carbons (Fsp3) is 0.300. The molecule has 1 aromatic carbocycles. The van der Waals surface area contributed by atoms with Gasteiger partial charge in [-0.1, -0.05) is 11.2 Å². The van der Waals surface area contributed by atoms with E-state index in [0.29, 0.717) is 12.1 Å². The van der Waals surface area contributed by atoms with Crippen LogP contribution in [-0.2, 0) is 0 Å². The first-order valence-electron chi connectivity index (χ1n) is 4.70. The van der Waals surface area contributed by atoms with Crippen molar-refractivity contribution < 1.29 is 10.3 Å². The highest BCUT2D eigenvalue weighted by atomic mass is 79.9. The zero-order valence-electron chi connectivity index (χ0n) is 8.89. The molecule has 1 rings (SSSR count). The molecule has 16 heavy (non-hydrogen) atoms. The SMILES string of the molecule is CN(CCO)c1cccc(Br)c1/C(N)=N/O. The van der Waals surface area contributed by atoms with Crippen LogP contribution in [0.5, 0.6) is 0 Å². The quantitative estimate of drug-likeness (QED) is 0.334. The number of nitrogens with two attached hydrogens (primary N) is 1. The van der Waals surface area contributed by atoms with Crippen molar-refractivity contribution in [3.8, 4) is 0 Å². The van der Waals surface area contributed by atoms with E-state index in [2.05, 4.69) is 21.1 Å². The van der Waals surface area contributed by atoms with Crippen LogP contribution in [0, 0.1) is 0 Å². The second-order valence-corrected chi connectivity index (χ2v) is 4.12. The predicted molar refractivity (Wildman–Crippen MR) is 67.0 cm³/mol. The Hall–Kier alpha value is -1.27. The van der Waals surface area contributed by atoms with Crippen LogP contribution < -0.4 is 10.6 Å². The van der Waals surface area contributed by atoms with Gasteiger partial charge in [0, 0.05) is 23.8 Å². The van der Waals surface area contributed by atoms with Crippen LogP contribution in [0.1, 0.15) is 5.56 Å². The van der Waals surface area contributed by atoms with Gasteiger partial charge < -0.3 is 20.9 Å². The van der Waals surface area contributed by atoms with Crippen LogP contribution in [0.4, 0.5) is 5.69 Å². The zero-order chi connectivity index (χ0) is 12.1. The third kappa shape index (κ3) is 2.65. The number of rotatable bonds is 4. The Balaban J connectivity index is 3.23. The van der Waals surface area contributed by atoms with Gasteiger partial charge in [0.05, 0.1) is 12.2 Å². The number of aliphatic hydroxyl groups excluding tert-OH is 1. The topological polar surface area (TPSA) is 82.1 Å². The molecule has 0 aromatic heterocycles. The summed E-state index contributed by atoms with van der Waals surface area (Å²) in [4.78, 5) is 1.83. The van der Waals surface area contributed by atoms with Gasteiger partial charge in [-0.15, -0.1) is 0 Å². The van der Waals surface area contributed by atoms with Crippen LogP contribution in [0.15, 0.2) is 27.8 Å². The molecule has 0 atom stereocenters. The summed E-state index contributed by atoms with van der Waals surface area (Å²) < 4.78 is 0.741. The van der Waals surface area contributed by atoms with E-state index in [1.165, 1.54) is 0 Å². The van der Waals surface area contributed by atoms with Crippen molar-refractivity contribution >= 4 is 27.5 Å². The lowest BCUT2D eigenvalue weighted by Gasteiger charge is -2.21. The number of halogens is 1. The van der Waals surface area contributed by atoms with E-state index in [4.69, 9.17) is 16.0 Å². The summed E-state index contributed by atoms with van der Waals surface area (Å²) in [6, 6.07) is 5.50. The minimum absolute atomic E-state index is 0.0345. The van der Waals surface area contributed by atoms with Crippen LogP contribution in [0.25, 0.3) is 0 Å². The molecule has 0 unspecified atom stereocenters. The van der Waals surface area contributed by atoms with Gasteiger partial charge in [-0.2, -0.15) is 0 Å². The van der Waals surface area contributed by atoms with Gasteiger partial charge >= 0.3 is 0 Å². The van der Waals surface area contributed by atoms with Crippen molar-refractivity contribution in [3.05, 3.63) is 28.2 Å². The zero-order valence-corrected chi connectivity index (χ0v) is 10.5. The first-order chi connectivity index (χ1) is 7.61. The molecule has 0 fully saturated rings. The summed E-state index contributed by atoms with van der Waals surface area (Å²) in [5.74, 6) is 0.0345. The highest BCUT2D eigenvalue weighted by Crippen LogP contribution is 2.26. The molecule has 6 heteroatoms. The number of likely N-dealkylation sites (N-methyl/N-ethyl adjacent to an activating group) is 1. The lowest BCUT2D eigenvalue weighted by atomic mass is 10.1. The normalized spacial score (nSPS) is 11.6. The van der Waals surface area contributed by atoms with Crippen LogP contribution in [0.3, 0.4) is 0 Å². The number of aliphatic hydroxyl groups is 1. The van der Waals surface area contributed by atoms with Crippen molar-refractivity contribution in [2.24, 2.45) is 10.9 Å². The standard InChI is InChI=1S/C10H14BrN3O2/c1-14(5-6-15)8-4-2-3-7(11)9(8)10(12)13-16/h2-4,15-16H,5-6H2,1H3,(H2,12,13). The van der Waals surface area contributed by atoms with Gasteiger partial charge in [0.25, 0.3) is 0 Å². The third-order valence-electron chi connectivity index (χ3n) is 2.20. The molecule has 4 N–H and O–H groups in total. The maximum Gasteiger partial charge on any atom is 0.173 e.